The van der Waals surface area contributed by atoms with Crippen molar-refractivity contribution in [1.29, 1.82) is 0 Å². The van der Waals surface area contributed by atoms with Gasteiger partial charge < -0.3 is 10.5 Å². The van der Waals surface area contributed by atoms with Crippen LogP contribution in [-0.2, 0) is 14.3 Å². The Bertz CT molecular complexity index is 604. The van der Waals surface area contributed by atoms with E-state index in [0.29, 0.717) is 23.2 Å². The number of hydrogen-bond donors (Lipinski definition) is 1. The molecule has 0 heterocycles. The highest BCUT2D eigenvalue weighted by atomic mass is 16.5. The molecular formula is C21H33NO3. The Morgan fingerprint density at radius 2 is 1.76 bits per heavy atom. The molecule has 4 nitrogen and oxygen atoms in total. The molecule has 7 atom stereocenters. The summed E-state index contributed by atoms with van der Waals surface area (Å²) < 4.78 is 5.70. The fraction of sp³-hybridized carbons (Fsp3) is 0.905. The van der Waals surface area contributed by atoms with Crippen molar-refractivity contribution in [3.8, 4) is 0 Å². The zero-order chi connectivity index (χ0) is 18.0. The zero-order valence-corrected chi connectivity index (χ0v) is 16.0. The first-order valence-corrected chi connectivity index (χ1v) is 10.2. The molecule has 4 rings (SSSR count). The van der Waals surface area contributed by atoms with E-state index in [1.807, 2.05) is 0 Å². The summed E-state index contributed by atoms with van der Waals surface area (Å²) in [5, 5.41) is 0. The van der Waals surface area contributed by atoms with Gasteiger partial charge in [0.2, 0.25) is 5.91 Å². The highest BCUT2D eigenvalue weighted by molar-refractivity contribution is 5.81. The monoisotopic (exact) mass is 347 g/mol. The number of fused-ring (bicyclic) bond motifs is 3. The standard InChI is InChI=1S/C21H33NO3/c1-13(23)25-15-12-21-10-7-16-19(2,17(21)6-5-14(15)11-21)8-4-9-20(16,3)18(22)24/h14-17H,4-12H2,1-3H3,(H2,22,24)/t14-,15?,16+,17+,19-,20-,21+/m1/s1. The van der Waals surface area contributed by atoms with E-state index in [-0.39, 0.29) is 28.8 Å². The van der Waals surface area contributed by atoms with Crippen LogP contribution in [0.3, 0.4) is 0 Å². The van der Waals surface area contributed by atoms with Crippen LogP contribution in [0.4, 0.5) is 0 Å². The maximum Gasteiger partial charge on any atom is 0.302 e. The number of carbonyl (C=O) groups is 2. The average Bonchev–Trinajstić information content (AvgIpc) is 2.76. The van der Waals surface area contributed by atoms with Crippen LogP contribution in [0.2, 0.25) is 0 Å². The van der Waals surface area contributed by atoms with E-state index in [1.54, 1.807) is 0 Å². The molecule has 1 amide bonds. The van der Waals surface area contributed by atoms with Crippen LogP contribution in [0.25, 0.3) is 0 Å². The van der Waals surface area contributed by atoms with E-state index in [1.165, 1.54) is 39.0 Å². The lowest BCUT2D eigenvalue weighted by Crippen LogP contribution is -2.59. The molecule has 4 heteroatoms. The molecule has 2 N–H and O–H groups in total. The Hall–Kier alpha value is -1.06. The molecule has 4 aliphatic rings. The number of carbonyl (C=O) groups excluding carboxylic acids is 2. The maximum absolute atomic E-state index is 12.3. The molecule has 1 spiro atoms. The van der Waals surface area contributed by atoms with Gasteiger partial charge in [-0.05, 0) is 80.0 Å². The van der Waals surface area contributed by atoms with Gasteiger partial charge in [-0.2, -0.15) is 0 Å². The third-order valence-electron chi connectivity index (χ3n) is 8.95. The van der Waals surface area contributed by atoms with E-state index in [2.05, 4.69) is 13.8 Å². The highest BCUT2D eigenvalue weighted by Gasteiger charge is 2.65. The van der Waals surface area contributed by atoms with Gasteiger partial charge in [0.05, 0.1) is 0 Å². The highest BCUT2D eigenvalue weighted by Crippen LogP contribution is 2.71. The average molecular weight is 347 g/mol. The van der Waals surface area contributed by atoms with Gasteiger partial charge in [-0.1, -0.05) is 20.3 Å². The number of rotatable bonds is 2. The number of ether oxygens (including phenoxy) is 1. The van der Waals surface area contributed by atoms with Crippen molar-refractivity contribution >= 4 is 11.9 Å². The van der Waals surface area contributed by atoms with E-state index < -0.39 is 0 Å². The minimum atomic E-state index is -0.348. The van der Waals surface area contributed by atoms with Gasteiger partial charge in [-0.15, -0.1) is 0 Å². The molecule has 1 unspecified atom stereocenters. The normalized spacial score (nSPS) is 51.3. The van der Waals surface area contributed by atoms with Crippen LogP contribution in [0.5, 0.6) is 0 Å². The van der Waals surface area contributed by atoms with Crippen LogP contribution in [0.1, 0.15) is 78.6 Å². The van der Waals surface area contributed by atoms with Gasteiger partial charge in [-0.25, -0.2) is 0 Å². The second kappa shape index (κ2) is 5.47. The third-order valence-corrected chi connectivity index (χ3v) is 8.95. The summed E-state index contributed by atoms with van der Waals surface area (Å²) in [7, 11) is 0. The minimum Gasteiger partial charge on any atom is -0.462 e. The fourth-order valence-electron chi connectivity index (χ4n) is 8.03. The summed E-state index contributed by atoms with van der Waals surface area (Å²) in [4.78, 5) is 23.9. The summed E-state index contributed by atoms with van der Waals surface area (Å²) in [5.41, 5.74) is 6.07. The van der Waals surface area contributed by atoms with E-state index in [0.717, 1.165) is 25.7 Å². The molecule has 0 aromatic carbocycles. The summed E-state index contributed by atoms with van der Waals surface area (Å²) in [6.07, 6.45) is 10.3. The van der Waals surface area contributed by atoms with E-state index >= 15 is 0 Å². The SMILES string of the molecule is CC(=O)OC1C[C@@]23CC[C@H]4[C@@](C)(CCC[C@@]4(C)C(N)=O)[C@@H]2CC[C@@H]1C3. The lowest BCUT2D eigenvalue weighted by atomic mass is 9.41. The Kier molecular flexibility index (Phi) is 3.80. The molecule has 2 bridgehead atoms. The molecule has 140 valence electrons. The van der Waals surface area contributed by atoms with Gasteiger partial charge in [-0.3, -0.25) is 9.59 Å². The van der Waals surface area contributed by atoms with E-state index in [4.69, 9.17) is 10.5 Å². The first-order valence-electron chi connectivity index (χ1n) is 10.2. The molecule has 0 radical (unpaired) electrons. The largest absolute Gasteiger partial charge is 0.462 e. The number of hydrogen-bond acceptors (Lipinski definition) is 3. The van der Waals surface area contributed by atoms with Crippen molar-refractivity contribution in [3.05, 3.63) is 0 Å². The summed E-state index contributed by atoms with van der Waals surface area (Å²) in [6, 6.07) is 0. The predicted octanol–water partition coefficient (Wildman–Crippen LogP) is 3.82. The predicted molar refractivity (Wildman–Crippen MR) is 95.4 cm³/mol. The van der Waals surface area contributed by atoms with Crippen molar-refractivity contribution in [2.75, 3.05) is 0 Å². The smallest absolute Gasteiger partial charge is 0.302 e. The van der Waals surface area contributed by atoms with Crippen molar-refractivity contribution in [2.24, 2.45) is 39.7 Å². The molecule has 25 heavy (non-hydrogen) atoms. The number of amides is 1. The first kappa shape index (κ1) is 17.4. The van der Waals surface area contributed by atoms with Crippen molar-refractivity contribution in [2.45, 2.75) is 84.7 Å². The summed E-state index contributed by atoms with van der Waals surface area (Å²) in [6.45, 7) is 6.11. The molecule has 4 aliphatic carbocycles. The van der Waals surface area contributed by atoms with Crippen LogP contribution < -0.4 is 5.73 Å². The summed E-state index contributed by atoms with van der Waals surface area (Å²) in [5.74, 6) is 1.37. The fourth-order valence-corrected chi connectivity index (χ4v) is 8.03. The zero-order valence-electron chi connectivity index (χ0n) is 16.0. The maximum atomic E-state index is 12.3. The Balaban J connectivity index is 1.66. The van der Waals surface area contributed by atoms with Crippen LogP contribution in [0, 0.1) is 34.0 Å². The Morgan fingerprint density at radius 1 is 1.00 bits per heavy atom. The third kappa shape index (κ3) is 2.31. The van der Waals surface area contributed by atoms with Crippen molar-refractivity contribution in [3.63, 3.8) is 0 Å². The number of nitrogens with two attached hydrogens (primary N) is 1. The van der Waals surface area contributed by atoms with Crippen LogP contribution in [0.15, 0.2) is 0 Å². The van der Waals surface area contributed by atoms with Gasteiger partial charge in [0.1, 0.15) is 6.10 Å². The van der Waals surface area contributed by atoms with Crippen molar-refractivity contribution in [1.82, 2.24) is 0 Å². The topological polar surface area (TPSA) is 69.4 Å². The van der Waals surface area contributed by atoms with Gasteiger partial charge in [0.25, 0.3) is 0 Å². The Morgan fingerprint density at radius 3 is 2.44 bits per heavy atom. The van der Waals surface area contributed by atoms with E-state index in [9.17, 15) is 9.59 Å². The molecule has 0 aromatic heterocycles. The van der Waals surface area contributed by atoms with Gasteiger partial charge in [0.15, 0.2) is 0 Å². The molecule has 0 aliphatic heterocycles. The second-order valence-corrected chi connectivity index (χ2v) is 10.0. The van der Waals surface area contributed by atoms with Crippen LogP contribution >= 0.6 is 0 Å². The summed E-state index contributed by atoms with van der Waals surface area (Å²) >= 11 is 0. The first-order chi connectivity index (χ1) is 11.7. The molecule has 4 fully saturated rings. The van der Waals surface area contributed by atoms with Gasteiger partial charge in [0, 0.05) is 12.3 Å². The lowest BCUT2D eigenvalue weighted by Gasteiger charge is -2.63. The number of esters is 1. The Labute approximate surface area is 151 Å². The minimum absolute atomic E-state index is 0.0997. The molecule has 0 saturated heterocycles. The molecule has 0 aromatic rings. The lowest BCUT2D eigenvalue weighted by molar-refractivity contribution is -0.165. The van der Waals surface area contributed by atoms with Crippen molar-refractivity contribution < 1.29 is 14.3 Å². The molecular weight excluding hydrogens is 314 g/mol. The molecule has 4 saturated carbocycles. The second-order valence-electron chi connectivity index (χ2n) is 10.0. The number of primary amides is 1. The quantitative estimate of drug-likeness (QED) is 0.772. The van der Waals surface area contributed by atoms with Gasteiger partial charge >= 0.3 is 5.97 Å². The van der Waals surface area contributed by atoms with Crippen LogP contribution in [-0.4, -0.2) is 18.0 Å².